The molecule has 0 radical (unpaired) electrons. The SMILES string of the molecule is CC1Cc2c([nH]n(C3CCC3)c2=O)CN1. The summed E-state index contributed by atoms with van der Waals surface area (Å²) in [5.74, 6) is 0. The molecule has 0 saturated heterocycles. The fraction of sp³-hybridized carbons (Fsp3) is 0.727. The standard InChI is InChI=1S/C11H17N3O/c1-7-5-9-10(6-12-7)13-14(11(9)15)8-3-2-4-8/h7-8,12-13H,2-6H2,1H3. The van der Waals surface area contributed by atoms with Gasteiger partial charge in [-0.1, -0.05) is 0 Å². The van der Waals surface area contributed by atoms with Gasteiger partial charge in [-0.05, 0) is 32.6 Å². The first-order valence-corrected chi connectivity index (χ1v) is 5.81. The molecule has 1 aromatic rings. The minimum absolute atomic E-state index is 0.225. The number of hydrogen-bond acceptors (Lipinski definition) is 2. The molecule has 2 heterocycles. The lowest BCUT2D eigenvalue weighted by Gasteiger charge is -2.25. The summed E-state index contributed by atoms with van der Waals surface area (Å²) in [7, 11) is 0. The molecule has 1 saturated carbocycles. The largest absolute Gasteiger partial charge is 0.308 e. The van der Waals surface area contributed by atoms with E-state index in [1.165, 1.54) is 6.42 Å². The van der Waals surface area contributed by atoms with E-state index < -0.39 is 0 Å². The molecule has 1 aromatic heterocycles. The minimum Gasteiger partial charge on any atom is -0.308 e. The van der Waals surface area contributed by atoms with Crippen molar-refractivity contribution in [3.63, 3.8) is 0 Å². The number of hydrogen-bond donors (Lipinski definition) is 2. The Balaban J connectivity index is 2.01. The molecule has 1 aliphatic carbocycles. The minimum atomic E-state index is 0.225. The van der Waals surface area contributed by atoms with Gasteiger partial charge in [-0.15, -0.1) is 0 Å². The number of aromatic nitrogens is 2. The summed E-state index contributed by atoms with van der Waals surface area (Å²) in [6.07, 6.45) is 4.43. The molecular formula is C11H17N3O. The lowest BCUT2D eigenvalue weighted by molar-refractivity contribution is 0.282. The molecule has 0 spiro atoms. The predicted octanol–water partition coefficient (Wildman–Crippen LogP) is 0.936. The van der Waals surface area contributed by atoms with E-state index in [4.69, 9.17) is 0 Å². The summed E-state index contributed by atoms with van der Waals surface area (Å²) in [5, 5.41) is 6.64. The average Bonchev–Trinajstić information content (AvgIpc) is 2.43. The van der Waals surface area contributed by atoms with Crippen LogP contribution in [-0.4, -0.2) is 15.8 Å². The lowest BCUT2D eigenvalue weighted by atomic mass is 9.93. The fourth-order valence-corrected chi connectivity index (χ4v) is 2.45. The van der Waals surface area contributed by atoms with Crippen molar-refractivity contribution < 1.29 is 0 Å². The van der Waals surface area contributed by atoms with Gasteiger partial charge in [-0.25, -0.2) is 4.68 Å². The molecular weight excluding hydrogens is 190 g/mol. The number of nitrogens with zero attached hydrogens (tertiary/aromatic N) is 1. The number of fused-ring (bicyclic) bond motifs is 1. The molecule has 0 aromatic carbocycles. The van der Waals surface area contributed by atoms with Gasteiger partial charge in [0.2, 0.25) is 0 Å². The van der Waals surface area contributed by atoms with Crippen LogP contribution in [0.15, 0.2) is 4.79 Å². The third-order valence-electron chi connectivity index (χ3n) is 3.67. The van der Waals surface area contributed by atoms with Crippen molar-refractivity contribution in [3.8, 4) is 0 Å². The first-order chi connectivity index (χ1) is 7.25. The summed E-state index contributed by atoms with van der Waals surface area (Å²) in [4.78, 5) is 12.1. The van der Waals surface area contributed by atoms with Crippen LogP contribution < -0.4 is 10.9 Å². The van der Waals surface area contributed by atoms with Crippen LogP contribution in [0.4, 0.5) is 0 Å². The van der Waals surface area contributed by atoms with Gasteiger partial charge in [0.05, 0.1) is 11.7 Å². The van der Waals surface area contributed by atoms with E-state index in [9.17, 15) is 4.79 Å². The average molecular weight is 207 g/mol. The van der Waals surface area contributed by atoms with Gasteiger partial charge in [0.15, 0.2) is 0 Å². The van der Waals surface area contributed by atoms with Crippen molar-refractivity contribution in [3.05, 3.63) is 21.6 Å². The summed E-state index contributed by atoms with van der Waals surface area (Å²) < 4.78 is 1.86. The Bertz CT molecular complexity index is 428. The zero-order chi connectivity index (χ0) is 10.4. The first-order valence-electron chi connectivity index (χ1n) is 5.81. The molecule has 0 amide bonds. The lowest BCUT2D eigenvalue weighted by Crippen LogP contribution is -2.35. The Morgan fingerprint density at radius 3 is 2.87 bits per heavy atom. The second-order valence-corrected chi connectivity index (χ2v) is 4.81. The maximum atomic E-state index is 12.1. The Labute approximate surface area is 88.7 Å². The summed E-state index contributed by atoms with van der Waals surface area (Å²) in [6, 6.07) is 0.870. The van der Waals surface area contributed by atoms with Gasteiger partial charge < -0.3 is 5.32 Å². The molecule has 4 heteroatoms. The van der Waals surface area contributed by atoms with Crippen LogP contribution in [-0.2, 0) is 13.0 Å². The normalized spacial score (nSPS) is 26.1. The smallest absolute Gasteiger partial charge is 0.270 e. The topological polar surface area (TPSA) is 49.8 Å². The summed E-state index contributed by atoms with van der Waals surface area (Å²) in [6.45, 7) is 2.94. The third-order valence-corrected chi connectivity index (χ3v) is 3.67. The van der Waals surface area contributed by atoms with Gasteiger partial charge >= 0.3 is 0 Å². The van der Waals surface area contributed by atoms with Gasteiger partial charge in [0, 0.05) is 18.2 Å². The zero-order valence-corrected chi connectivity index (χ0v) is 9.05. The Morgan fingerprint density at radius 1 is 1.40 bits per heavy atom. The zero-order valence-electron chi connectivity index (χ0n) is 9.05. The Hall–Kier alpha value is -1.03. The second kappa shape index (κ2) is 3.23. The van der Waals surface area contributed by atoms with Crippen molar-refractivity contribution in [2.24, 2.45) is 0 Å². The molecule has 1 aliphatic heterocycles. The second-order valence-electron chi connectivity index (χ2n) is 4.81. The van der Waals surface area contributed by atoms with E-state index in [0.717, 1.165) is 37.1 Å². The Morgan fingerprint density at radius 2 is 2.20 bits per heavy atom. The number of aromatic amines is 1. The molecule has 1 fully saturated rings. The molecule has 2 N–H and O–H groups in total. The molecule has 4 nitrogen and oxygen atoms in total. The van der Waals surface area contributed by atoms with Crippen LogP contribution in [0.1, 0.15) is 43.5 Å². The van der Waals surface area contributed by atoms with Crippen LogP contribution in [0.5, 0.6) is 0 Å². The number of rotatable bonds is 1. The van der Waals surface area contributed by atoms with Crippen LogP contribution in [0.25, 0.3) is 0 Å². The predicted molar refractivity (Wildman–Crippen MR) is 57.9 cm³/mol. The highest BCUT2D eigenvalue weighted by Gasteiger charge is 2.27. The molecule has 2 aliphatic rings. The van der Waals surface area contributed by atoms with E-state index >= 15 is 0 Å². The van der Waals surface area contributed by atoms with Crippen molar-refractivity contribution in [1.82, 2.24) is 15.1 Å². The van der Waals surface area contributed by atoms with E-state index in [0.29, 0.717) is 12.1 Å². The summed E-state index contributed by atoms with van der Waals surface area (Å²) >= 11 is 0. The third kappa shape index (κ3) is 1.35. The van der Waals surface area contributed by atoms with E-state index in [2.05, 4.69) is 17.3 Å². The molecule has 82 valence electrons. The molecule has 1 atom stereocenters. The Kier molecular flexibility index (Phi) is 1.99. The van der Waals surface area contributed by atoms with Crippen LogP contribution in [0.3, 0.4) is 0 Å². The van der Waals surface area contributed by atoms with Gasteiger partial charge in [0.1, 0.15) is 0 Å². The van der Waals surface area contributed by atoms with Gasteiger partial charge in [0.25, 0.3) is 5.56 Å². The van der Waals surface area contributed by atoms with Crippen molar-refractivity contribution >= 4 is 0 Å². The van der Waals surface area contributed by atoms with E-state index in [1.54, 1.807) is 0 Å². The highest BCUT2D eigenvalue weighted by Crippen LogP contribution is 2.30. The molecule has 3 rings (SSSR count). The van der Waals surface area contributed by atoms with Crippen LogP contribution in [0.2, 0.25) is 0 Å². The highest BCUT2D eigenvalue weighted by atomic mass is 16.1. The maximum absolute atomic E-state index is 12.1. The van der Waals surface area contributed by atoms with Crippen LogP contribution >= 0.6 is 0 Å². The maximum Gasteiger partial charge on any atom is 0.270 e. The van der Waals surface area contributed by atoms with Crippen LogP contribution in [0, 0.1) is 0 Å². The summed E-state index contributed by atoms with van der Waals surface area (Å²) in [5.41, 5.74) is 2.33. The number of H-pyrrole nitrogens is 1. The van der Waals surface area contributed by atoms with Gasteiger partial charge in [-0.2, -0.15) is 0 Å². The quantitative estimate of drug-likeness (QED) is 0.720. The molecule has 0 bridgehead atoms. The first kappa shape index (κ1) is 9.21. The number of nitrogens with one attached hydrogen (secondary N) is 2. The van der Waals surface area contributed by atoms with E-state index in [1.807, 2.05) is 4.68 Å². The monoisotopic (exact) mass is 207 g/mol. The fourth-order valence-electron chi connectivity index (χ4n) is 2.45. The van der Waals surface area contributed by atoms with E-state index in [-0.39, 0.29) is 5.56 Å². The molecule has 1 unspecified atom stereocenters. The van der Waals surface area contributed by atoms with Crippen molar-refractivity contribution in [2.45, 2.75) is 51.2 Å². The van der Waals surface area contributed by atoms with Crippen molar-refractivity contribution in [2.75, 3.05) is 0 Å². The molecule has 15 heavy (non-hydrogen) atoms. The van der Waals surface area contributed by atoms with Crippen molar-refractivity contribution in [1.29, 1.82) is 0 Å². The highest BCUT2D eigenvalue weighted by molar-refractivity contribution is 5.21. The van der Waals surface area contributed by atoms with Gasteiger partial charge in [-0.3, -0.25) is 9.89 Å².